The first-order valence-electron chi connectivity index (χ1n) is 9.51. The van der Waals surface area contributed by atoms with E-state index in [-0.39, 0.29) is 6.04 Å². The zero-order chi connectivity index (χ0) is 20.3. The van der Waals surface area contributed by atoms with Crippen molar-refractivity contribution in [3.05, 3.63) is 30.2 Å². The molecule has 152 valence electrons. The van der Waals surface area contributed by atoms with Crippen LogP contribution in [0.3, 0.4) is 0 Å². The van der Waals surface area contributed by atoms with Crippen molar-refractivity contribution >= 4 is 6.09 Å². The minimum absolute atomic E-state index is 0.375. The summed E-state index contributed by atoms with van der Waals surface area (Å²) < 4.78 is 22.4. The molecule has 0 aliphatic heterocycles. The third-order valence-corrected chi connectivity index (χ3v) is 4.27. The number of aromatic nitrogens is 1. The van der Waals surface area contributed by atoms with Crippen LogP contribution >= 0.6 is 0 Å². The van der Waals surface area contributed by atoms with E-state index in [1.165, 1.54) is 12.8 Å². The Morgan fingerprint density at radius 3 is 2.71 bits per heavy atom. The molecule has 1 aromatic heterocycles. The van der Waals surface area contributed by atoms with Crippen LogP contribution in [0.4, 0.5) is 4.79 Å². The van der Waals surface area contributed by atoms with Crippen LogP contribution in [0.25, 0.3) is 11.5 Å². The van der Waals surface area contributed by atoms with Crippen LogP contribution in [-0.4, -0.2) is 30.4 Å². The molecule has 7 heteroatoms. The van der Waals surface area contributed by atoms with Crippen LogP contribution in [0.5, 0.6) is 11.5 Å². The highest BCUT2D eigenvalue weighted by Crippen LogP contribution is 2.35. The molecule has 1 aliphatic carbocycles. The molecule has 1 N–H and O–H groups in total. The van der Waals surface area contributed by atoms with E-state index in [2.05, 4.69) is 10.3 Å². The third-order valence-electron chi connectivity index (χ3n) is 4.27. The second kappa shape index (κ2) is 8.12. The minimum Gasteiger partial charge on any atom is -0.493 e. The summed E-state index contributed by atoms with van der Waals surface area (Å²) in [6, 6.07) is 5.19. The highest BCUT2D eigenvalue weighted by Gasteiger charge is 2.23. The van der Waals surface area contributed by atoms with Gasteiger partial charge in [0.2, 0.25) is 5.89 Å². The molecule has 7 nitrogen and oxygen atoms in total. The molecule has 1 atom stereocenters. The van der Waals surface area contributed by atoms with Crippen molar-refractivity contribution in [2.75, 3.05) is 13.7 Å². The van der Waals surface area contributed by atoms with E-state index in [9.17, 15) is 4.79 Å². The maximum atomic E-state index is 11.9. The number of carbonyl (C=O) groups excluding carboxylic acids is 1. The lowest BCUT2D eigenvalue weighted by atomic mass is 10.2. The number of hydrogen-bond acceptors (Lipinski definition) is 6. The molecule has 28 heavy (non-hydrogen) atoms. The van der Waals surface area contributed by atoms with E-state index in [0.29, 0.717) is 35.7 Å². The van der Waals surface area contributed by atoms with Gasteiger partial charge >= 0.3 is 6.09 Å². The normalized spacial score (nSPS) is 15.0. The second-order valence-electron chi connectivity index (χ2n) is 8.06. The second-order valence-corrected chi connectivity index (χ2v) is 8.06. The average Bonchev–Trinajstić information content (AvgIpc) is 3.31. The van der Waals surface area contributed by atoms with Crippen LogP contribution in [0.1, 0.15) is 52.3 Å². The van der Waals surface area contributed by atoms with Crippen LogP contribution in [-0.2, 0) is 4.74 Å². The average molecular weight is 388 g/mol. The molecule has 2 aromatic rings. The number of carbonyl (C=O) groups is 1. The van der Waals surface area contributed by atoms with Gasteiger partial charge in [0.15, 0.2) is 11.5 Å². The van der Waals surface area contributed by atoms with Gasteiger partial charge in [-0.3, -0.25) is 0 Å². The Bertz CT molecular complexity index is 820. The summed E-state index contributed by atoms with van der Waals surface area (Å²) in [5.41, 5.74) is 0.221. The molecule has 1 fully saturated rings. The molecule has 1 heterocycles. The maximum absolute atomic E-state index is 11.9. The molecule has 1 unspecified atom stereocenters. The highest BCUT2D eigenvalue weighted by molar-refractivity contribution is 5.68. The van der Waals surface area contributed by atoms with E-state index in [0.717, 1.165) is 5.56 Å². The summed E-state index contributed by atoms with van der Waals surface area (Å²) in [5, 5.41) is 2.75. The largest absolute Gasteiger partial charge is 0.493 e. The number of oxazole rings is 1. The first-order valence-corrected chi connectivity index (χ1v) is 9.51. The number of hydrogen-bond donors (Lipinski definition) is 1. The van der Waals surface area contributed by atoms with Crippen molar-refractivity contribution in [1.82, 2.24) is 10.3 Å². The first-order chi connectivity index (χ1) is 13.2. The lowest BCUT2D eigenvalue weighted by molar-refractivity contribution is 0.0502. The summed E-state index contributed by atoms with van der Waals surface area (Å²) in [6.45, 7) is 7.95. The fourth-order valence-electron chi connectivity index (χ4n) is 2.59. The number of nitrogens with one attached hydrogen (secondary N) is 1. The molecule has 1 aliphatic rings. The number of ether oxygens (including phenoxy) is 3. The van der Waals surface area contributed by atoms with Gasteiger partial charge in [0, 0.05) is 5.56 Å². The van der Waals surface area contributed by atoms with E-state index < -0.39 is 11.7 Å². The summed E-state index contributed by atoms with van der Waals surface area (Å²) in [4.78, 5) is 16.3. The van der Waals surface area contributed by atoms with Crippen molar-refractivity contribution in [3.8, 4) is 23.0 Å². The van der Waals surface area contributed by atoms with Crippen LogP contribution in [0, 0.1) is 5.92 Å². The highest BCUT2D eigenvalue weighted by atomic mass is 16.6. The van der Waals surface area contributed by atoms with Crippen molar-refractivity contribution in [3.63, 3.8) is 0 Å². The van der Waals surface area contributed by atoms with Crippen LogP contribution < -0.4 is 14.8 Å². The lowest BCUT2D eigenvalue weighted by Crippen LogP contribution is -2.33. The van der Waals surface area contributed by atoms with Gasteiger partial charge in [-0.15, -0.1) is 0 Å². The molecule has 0 saturated heterocycles. The number of alkyl carbamates (subject to hydrolysis) is 1. The Balaban J connectivity index is 1.70. The fourth-order valence-corrected chi connectivity index (χ4v) is 2.59. The summed E-state index contributed by atoms with van der Waals surface area (Å²) in [7, 11) is 1.62. The number of rotatable bonds is 7. The Labute approximate surface area is 165 Å². The Kier molecular flexibility index (Phi) is 5.82. The van der Waals surface area contributed by atoms with E-state index in [4.69, 9.17) is 18.6 Å². The van der Waals surface area contributed by atoms with Crippen molar-refractivity contribution in [2.45, 2.75) is 52.2 Å². The quantitative estimate of drug-likeness (QED) is 0.739. The standard InChI is InChI=1S/C21H28N2O5/c1-13(23-20(24)28-21(2,3)4)18-11-22-19(27-18)15-8-9-16(25-5)17(10-15)26-12-14-6-7-14/h8-11,13-14H,6-7,12H2,1-5H3,(H,23,24). The fraction of sp³-hybridized carbons (Fsp3) is 0.524. The van der Waals surface area contributed by atoms with E-state index in [1.54, 1.807) is 13.3 Å². The van der Waals surface area contributed by atoms with Gasteiger partial charge in [-0.1, -0.05) is 0 Å². The smallest absolute Gasteiger partial charge is 0.408 e. The first kappa shape index (κ1) is 20.0. The summed E-state index contributed by atoms with van der Waals surface area (Å²) in [5.74, 6) is 2.98. The number of nitrogens with zero attached hydrogens (tertiary/aromatic N) is 1. The number of methoxy groups -OCH3 is 1. The molecular formula is C21H28N2O5. The van der Waals surface area contributed by atoms with Crippen LogP contribution in [0.2, 0.25) is 0 Å². The predicted molar refractivity (Wildman–Crippen MR) is 104 cm³/mol. The number of benzene rings is 1. The number of amides is 1. The molecule has 1 saturated carbocycles. The van der Waals surface area contributed by atoms with E-state index in [1.807, 2.05) is 45.9 Å². The predicted octanol–water partition coefficient (Wildman–Crippen LogP) is 4.72. The third kappa shape index (κ3) is 5.41. The molecular weight excluding hydrogens is 360 g/mol. The molecule has 0 bridgehead atoms. The summed E-state index contributed by atoms with van der Waals surface area (Å²) >= 11 is 0. The molecule has 1 aromatic carbocycles. The zero-order valence-corrected chi connectivity index (χ0v) is 17.1. The van der Waals surface area contributed by atoms with Gasteiger partial charge in [-0.2, -0.15) is 0 Å². The monoisotopic (exact) mass is 388 g/mol. The van der Waals surface area contributed by atoms with Crippen molar-refractivity contribution < 1.29 is 23.4 Å². The topological polar surface area (TPSA) is 82.8 Å². The molecule has 3 rings (SSSR count). The van der Waals surface area contributed by atoms with Gasteiger partial charge in [0.25, 0.3) is 0 Å². The van der Waals surface area contributed by atoms with Gasteiger partial charge in [-0.25, -0.2) is 9.78 Å². The minimum atomic E-state index is -0.559. The molecule has 1 amide bonds. The Morgan fingerprint density at radius 2 is 2.07 bits per heavy atom. The van der Waals surface area contributed by atoms with Crippen LogP contribution in [0.15, 0.2) is 28.8 Å². The van der Waals surface area contributed by atoms with Gasteiger partial charge in [0.05, 0.1) is 26.0 Å². The Hall–Kier alpha value is -2.70. The van der Waals surface area contributed by atoms with Crippen molar-refractivity contribution in [1.29, 1.82) is 0 Å². The van der Waals surface area contributed by atoms with Gasteiger partial charge in [-0.05, 0) is 64.7 Å². The van der Waals surface area contributed by atoms with E-state index >= 15 is 0 Å². The molecule has 0 spiro atoms. The lowest BCUT2D eigenvalue weighted by Gasteiger charge is -2.21. The van der Waals surface area contributed by atoms with Gasteiger partial charge in [0.1, 0.15) is 11.4 Å². The zero-order valence-electron chi connectivity index (χ0n) is 17.1. The SMILES string of the molecule is COc1ccc(-c2ncc(C(C)NC(=O)OC(C)(C)C)o2)cc1OCC1CC1. The molecule has 0 radical (unpaired) electrons. The Morgan fingerprint density at radius 1 is 1.32 bits per heavy atom. The maximum Gasteiger partial charge on any atom is 0.408 e. The van der Waals surface area contributed by atoms with Gasteiger partial charge < -0.3 is 23.9 Å². The summed E-state index contributed by atoms with van der Waals surface area (Å²) in [6.07, 6.45) is 3.53. The van der Waals surface area contributed by atoms with Crippen molar-refractivity contribution in [2.24, 2.45) is 5.92 Å².